The lowest BCUT2D eigenvalue weighted by Gasteiger charge is -2.34. The number of hydrogen-bond acceptors (Lipinski definition) is 6. The number of hydrogen-bond donors (Lipinski definition) is 0. The topological polar surface area (TPSA) is 54.3 Å². The van der Waals surface area contributed by atoms with Crippen LogP contribution < -0.4 is 0 Å². The fourth-order valence-electron chi connectivity index (χ4n) is 4.06. The van der Waals surface area contributed by atoms with Crippen molar-refractivity contribution in [3.63, 3.8) is 0 Å². The molecular weight excluding hydrogens is 462 g/mol. The summed E-state index contributed by atoms with van der Waals surface area (Å²) in [4.78, 5) is 18.5. The van der Waals surface area contributed by atoms with Gasteiger partial charge < -0.3 is 9.47 Å². The van der Waals surface area contributed by atoms with Crippen LogP contribution in [0.15, 0.2) is 46.9 Å². The normalized spacial score (nSPS) is 17.1. The lowest BCUT2D eigenvalue weighted by atomic mass is 10.2. The number of amides is 1. The summed E-state index contributed by atoms with van der Waals surface area (Å²) in [7, 11) is 0. The highest BCUT2D eigenvalue weighted by molar-refractivity contribution is 7.99. The van der Waals surface area contributed by atoms with Crippen molar-refractivity contribution in [2.45, 2.75) is 37.0 Å². The van der Waals surface area contributed by atoms with Gasteiger partial charge in [-0.2, -0.15) is 0 Å². The summed E-state index contributed by atoms with van der Waals surface area (Å²) in [5.41, 5.74) is 1.21. The molecule has 0 unspecified atom stereocenters. The van der Waals surface area contributed by atoms with Crippen LogP contribution >= 0.6 is 34.7 Å². The van der Waals surface area contributed by atoms with Crippen LogP contribution in [0.1, 0.15) is 35.1 Å². The minimum Gasteiger partial charge on any atom is -0.339 e. The predicted octanol–water partition coefficient (Wildman–Crippen LogP) is 4.36. The fraction of sp³-hybridized carbons (Fsp3) is 0.435. The molecule has 6 nitrogen and oxygen atoms in total. The van der Waals surface area contributed by atoms with E-state index >= 15 is 0 Å². The van der Waals surface area contributed by atoms with Crippen LogP contribution in [0.5, 0.6) is 0 Å². The van der Waals surface area contributed by atoms with Crippen LogP contribution in [-0.2, 0) is 17.8 Å². The maximum absolute atomic E-state index is 12.9. The molecule has 1 aromatic carbocycles. The summed E-state index contributed by atoms with van der Waals surface area (Å²) in [5.74, 6) is 1.61. The van der Waals surface area contributed by atoms with E-state index in [1.165, 1.54) is 35.0 Å². The van der Waals surface area contributed by atoms with Gasteiger partial charge in [-0.3, -0.25) is 9.69 Å². The summed E-state index contributed by atoms with van der Waals surface area (Å²) in [6, 6.07) is 12.7. The molecule has 0 atom stereocenters. The van der Waals surface area contributed by atoms with E-state index in [0.717, 1.165) is 55.1 Å². The molecule has 2 aliphatic rings. The molecule has 5 rings (SSSR count). The molecule has 0 N–H and O–H groups in total. The number of nitrogens with zero attached hydrogens (tertiary/aromatic N) is 5. The third-order valence-electron chi connectivity index (χ3n) is 5.90. The molecule has 9 heteroatoms. The number of halogens is 1. The summed E-state index contributed by atoms with van der Waals surface area (Å²) in [6.45, 7) is 4.16. The highest BCUT2D eigenvalue weighted by Crippen LogP contribution is 2.39. The quantitative estimate of drug-likeness (QED) is 0.442. The van der Waals surface area contributed by atoms with E-state index in [9.17, 15) is 4.79 Å². The Morgan fingerprint density at radius 1 is 1.12 bits per heavy atom. The van der Waals surface area contributed by atoms with E-state index in [1.54, 1.807) is 11.3 Å². The molecule has 1 aliphatic heterocycles. The van der Waals surface area contributed by atoms with Gasteiger partial charge in [0.15, 0.2) is 5.16 Å². The minimum atomic E-state index is 0.183. The molecule has 32 heavy (non-hydrogen) atoms. The Kier molecular flexibility index (Phi) is 6.83. The number of thiophene rings is 1. The van der Waals surface area contributed by atoms with E-state index in [2.05, 4.69) is 43.2 Å². The molecule has 1 saturated heterocycles. The maximum atomic E-state index is 12.9. The molecule has 0 bridgehead atoms. The second-order valence-corrected chi connectivity index (χ2v) is 10.7. The molecule has 0 spiro atoms. The molecule has 1 aliphatic carbocycles. The Labute approximate surface area is 201 Å². The van der Waals surface area contributed by atoms with Crippen molar-refractivity contribution in [1.29, 1.82) is 0 Å². The van der Waals surface area contributed by atoms with Crippen LogP contribution in [0, 0.1) is 0 Å². The third-order valence-corrected chi connectivity index (χ3v) is 7.94. The van der Waals surface area contributed by atoms with Gasteiger partial charge in [-0.25, -0.2) is 0 Å². The summed E-state index contributed by atoms with van der Waals surface area (Å²) in [5, 5.41) is 12.6. The molecule has 2 aromatic heterocycles. The van der Waals surface area contributed by atoms with E-state index < -0.39 is 0 Å². The zero-order chi connectivity index (χ0) is 21.9. The Morgan fingerprint density at radius 3 is 2.69 bits per heavy atom. The van der Waals surface area contributed by atoms with Crippen molar-refractivity contribution in [3.8, 4) is 0 Å². The molecule has 1 amide bonds. The number of aromatic nitrogens is 3. The molecule has 1 saturated carbocycles. The fourth-order valence-corrected chi connectivity index (χ4v) is 5.90. The third kappa shape index (κ3) is 5.36. The van der Waals surface area contributed by atoms with Gasteiger partial charge >= 0.3 is 0 Å². The van der Waals surface area contributed by atoms with Crippen LogP contribution in [0.25, 0.3) is 0 Å². The Balaban J connectivity index is 1.13. The lowest BCUT2D eigenvalue weighted by molar-refractivity contribution is -0.130. The van der Waals surface area contributed by atoms with Gasteiger partial charge in [0.25, 0.3) is 0 Å². The average Bonchev–Trinajstić information content (AvgIpc) is 3.34. The van der Waals surface area contributed by atoms with Crippen molar-refractivity contribution in [3.05, 3.63) is 63.1 Å². The first kappa shape index (κ1) is 21.9. The summed E-state index contributed by atoms with van der Waals surface area (Å²) >= 11 is 9.37. The highest BCUT2D eigenvalue weighted by Gasteiger charge is 2.30. The molecule has 2 fully saturated rings. The van der Waals surface area contributed by atoms with Gasteiger partial charge in [-0.15, -0.1) is 21.5 Å². The van der Waals surface area contributed by atoms with Crippen molar-refractivity contribution < 1.29 is 4.79 Å². The Morgan fingerprint density at radius 2 is 1.97 bits per heavy atom. The van der Waals surface area contributed by atoms with Gasteiger partial charge in [-0.05, 0) is 42.0 Å². The highest BCUT2D eigenvalue weighted by atomic mass is 35.5. The zero-order valence-electron chi connectivity index (χ0n) is 17.8. The molecular formula is C23H26ClN5OS2. The van der Waals surface area contributed by atoms with Gasteiger partial charge in [0, 0.05) is 55.1 Å². The van der Waals surface area contributed by atoms with Crippen molar-refractivity contribution >= 4 is 40.6 Å². The summed E-state index contributed by atoms with van der Waals surface area (Å²) < 4.78 is 2.26. The number of carbonyl (C=O) groups excluding carboxylic acids is 1. The largest absolute Gasteiger partial charge is 0.339 e. The molecule has 0 radical (unpaired) electrons. The first-order valence-electron chi connectivity index (χ1n) is 11.0. The van der Waals surface area contributed by atoms with E-state index in [-0.39, 0.29) is 5.91 Å². The van der Waals surface area contributed by atoms with E-state index in [0.29, 0.717) is 11.8 Å². The van der Waals surface area contributed by atoms with E-state index in [1.807, 2.05) is 23.1 Å². The summed E-state index contributed by atoms with van der Waals surface area (Å²) in [6.07, 6.45) is 3.15. The van der Waals surface area contributed by atoms with Crippen LogP contribution in [0.3, 0.4) is 0 Å². The monoisotopic (exact) mass is 487 g/mol. The molecule has 3 aromatic rings. The van der Waals surface area contributed by atoms with Gasteiger partial charge in [0.1, 0.15) is 5.82 Å². The van der Waals surface area contributed by atoms with Crippen molar-refractivity contribution in [1.82, 2.24) is 24.6 Å². The van der Waals surface area contributed by atoms with Crippen molar-refractivity contribution in [2.75, 3.05) is 31.9 Å². The second-order valence-electron chi connectivity index (χ2n) is 8.33. The Bertz CT molecular complexity index is 1060. The number of benzene rings is 1. The Hall–Kier alpha value is -1.87. The predicted molar refractivity (Wildman–Crippen MR) is 129 cm³/mol. The lowest BCUT2D eigenvalue weighted by Crippen LogP contribution is -2.48. The zero-order valence-corrected chi connectivity index (χ0v) is 20.2. The van der Waals surface area contributed by atoms with Crippen LogP contribution in [0.4, 0.5) is 0 Å². The minimum absolute atomic E-state index is 0.183. The van der Waals surface area contributed by atoms with Gasteiger partial charge in [-0.1, -0.05) is 41.6 Å². The number of piperazine rings is 1. The van der Waals surface area contributed by atoms with E-state index in [4.69, 9.17) is 11.6 Å². The van der Waals surface area contributed by atoms with Gasteiger partial charge in [0.05, 0.1) is 5.75 Å². The first-order valence-corrected chi connectivity index (χ1v) is 13.2. The van der Waals surface area contributed by atoms with Crippen molar-refractivity contribution in [2.24, 2.45) is 0 Å². The first-order chi connectivity index (χ1) is 15.7. The maximum Gasteiger partial charge on any atom is 0.233 e. The standard InChI is InChI=1S/C23H26ClN5OS2/c24-18-4-1-3-17(13-18)15-27-8-10-28(11-9-27)22(30)16-32-23-26-25-21(29(23)19-6-7-19)14-20-5-2-12-31-20/h1-5,12-13,19H,6-11,14-16H2. The smallest absolute Gasteiger partial charge is 0.233 e. The SMILES string of the molecule is O=C(CSc1nnc(Cc2cccs2)n1C1CC1)N1CCN(Cc2cccc(Cl)c2)CC1. The molecule has 168 valence electrons. The molecule has 3 heterocycles. The van der Waals surface area contributed by atoms with Crippen LogP contribution in [0.2, 0.25) is 5.02 Å². The number of carbonyl (C=O) groups is 1. The second kappa shape index (κ2) is 9.95. The average molecular weight is 488 g/mol. The number of rotatable bonds is 8. The number of thioether (sulfide) groups is 1. The van der Waals surface area contributed by atoms with Gasteiger partial charge in [0.2, 0.25) is 5.91 Å². The van der Waals surface area contributed by atoms with Crippen LogP contribution in [-0.4, -0.2) is 62.4 Å².